The Morgan fingerprint density at radius 2 is 2.00 bits per heavy atom. The number of carboxylic acids is 1. The van der Waals surface area contributed by atoms with Crippen molar-refractivity contribution in [2.45, 2.75) is 59.3 Å². The van der Waals surface area contributed by atoms with Gasteiger partial charge in [-0.05, 0) is 37.0 Å². The Balaban J connectivity index is 2.32. The molecule has 1 aliphatic rings. The smallest absolute Gasteiger partial charge is 0.308 e. The van der Waals surface area contributed by atoms with E-state index in [-0.39, 0.29) is 12.5 Å². The third-order valence-electron chi connectivity index (χ3n) is 4.17. The maximum Gasteiger partial charge on any atom is 0.308 e. The van der Waals surface area contributed by atoms with Crippen LogP contribution in [0.5, 0.6) is 0 Å². The number of carbonyl (C=O) groups excluding carboxylic acids is 1. The molecule has 4 nitrogen and oxygen atoms in total. The molecule has 3 atom stereocenters. The Bertz CT molecular complexity index is 328. The molecular weight excluding hydrogens is 254 g/mol. The quantitative estimate of drug-likeness (QED) is 0.754. The fourth-order valence-electron chi connectivity index (χ4n) is 3.16. The van der Waals surface area contributed by atoms with Crippen LogP contribution in [0.2, 0.25) is 0 Å². The third-order valence-corrected chi connectivity index (χ3v) is 4.17. The molecule has 116 valence electrons. The normalized spacial score (nSPS) is 24.4. The predicted molar refractivity (Wildman–Crippen MR) is 79.3 cm³/mol. The molecule has 2 N–H and O–H groups in total. The molecule has 0 aromatic heterocycles. The lowest BCUT2D eigenvalue weighted by Gasteiger charge is -2.26. The first-order valence-electron chi connectivity index (χ1n) is 7.88. The number of aliphatic carboxylic acids is 1. The van der Waals surface area contributed by atoms with Gasteiger partial charge in [-0.2, -0.15) is 0 Å². The minimum atomic E-state index is -0.815. The van der Waals surface area contributed by atoms with Crippen LogP contribution in [0.4, 0.5) is 0 Å². The highest BCUT2D eigenvalue weighted by Crippen LogP contribution is 2.30. The summed E-state index contributed by atoms with van der Waals surface area (Å²) in [6.45, 7) is 6.50. The average molecular weight is 283 g/mol. The Kier molecular flexibility index (Phi) is 7.03. The molecule has 0 aliphatic heterocycles. The van der Waals surface area contributed by atoms with Gasteiger partial charge in [0.2, 0.25) is 5.91 Å². The molecule has 0 spiro atoms. The second-order valence-corrected chi connectivity index (χ2v) is 6.81. The fraction of sp³-hybridized carbons (Fsp3) is 0.875. The van der Waals surface area contributed by atoms with E-state index in [1.807, 2.05) is 13.8 Å². The lowest BCUT2D eigenvalue weighted by molar-refractivity contribution is -0.142. The van der Waals surface area contributed by atoms with E-state index in [1.165, 1.54) is 12.8 Å². The van der Waals surface area contributed by atoms with Gasteiger partial charge in [0.05, 0.1) is 5.92 Å². The number of rotatable bonds is 7. The van der Waals surface area contributed by atoms with Crippen molar-refractivity contribution >= 4 is 11.9 Å². The number of nitrogens with one attached hydrogen (secondary N) is 1. The minimum Gasteiger partial charge on any atom is -0.481 e. The maximum atomic E-state index is 11.9. The highest BCUT2D eigenvalue weighted by atomic mass is 16.4. The fourth-order valence-corrected chi connectivity index (χ4v) is 3.16. The standard InChI is InChI=1S/C16H29NO3/c1-11(2)7-14(16(19)20)10-17-15(18)9-13-6-4-5-12(3)8-13/h11-14H,4-10H2,1-3H3,(H,17,18)(H,19,20). The summed E-state index contributed by atoms with van der Waals surface area (Å²) in [5.41, 5.74) is 0. The van der Waals surface area contributed by atoms with E-state index < -0.39 is 11.9 Å². The summed E-state index contributed by atoms with van der Waals surface area (Å²) in [7, 11) is 0. The van der Waals surface area contributed by atoms with Gasteiger partial charge in [0.1, 0.15) is 0 Å². The zero-order valence-corrected chi connectivity index (χ0v) is 13.0. The highest BCUT2D eigenvalue weighted by Gasteiger charge is 2.23. The molecule has 0 saturated heterocycles. The van der Waals surface area contributed by atoms with Crippen LogP contribution in [0.3, 0.4) is 0 Å². The van der Waals surface area contributed by atoms with Crippen LogP contribution in [-0.2, 0) is 9.59 Å². The summed E-state index contributed by atoms with van der Waals surface area (Å²) in [6.07, 6.45) is 5.90. The SMILES string of the molecule is CC(C)CC(CNC(=O)CC1CCCC(C)C1)C(=O)O. The molecular formula is C16H29NO3. The van der Waals surface area contributed by atoms with Gasteiger partial charge in [-0.1, -0.05) is 33.6 Å². The van der Waals surface area contributed by atoms with Gasteiger partial charge in [0, 0.05) is 13.0 Å². The van der Waals surface area contributed by atoms with Crippen molar-refractivity contribution in [1.29, 1.82) is 0 Å². The summed E-state index contributed by atoms with van der Waals surface area (Å²) < 4.78 is 0. The second-order valence-electron chi connectivity index (χ2n) is 6.81. The van der Waals surface area contributed by atoms with E-state index in [2.05, 4.69) is 12.2 Å². The van der Waals surface area contributed by atoms with E-state index in [4.69, 9.17) is 5.11 Å². The van der Waals surface area contributed by atoms with Crippen LogP contribution < -0.4 is 5.32 Å². The van der Waals surface area contributed by atoms with Crippen molar-refractivity contribution in [1.82, 2.24) is 5.32 Å². The molecule has 0 bridgehead atoms. The Hall–Kier alpha value is -1.06. The second kappa shape index (κ2) is 8.28. The van der Waals surface area contributed by atoms with Crippen molar-refractivity contribution in [3.8, 4) is 0 Å². The van der Waals surface area contributed by atoms with Crippen molar-refractivity contribution in [3.05, 3.63) is 0 Å². The van der Waals surface area contributed by atoms with Gasteiger partial charge in [-0.3, -0.25) is 9.59 Å². The van der Waals surface area contributed by atoms with Crippen LogP contribution in [0.25, 0.3) is 0 Å². The lowest BCUT2D eigenvalue weighted by Crippen LogP contribution is -2.35. The number of amides is 1. The van der Waals surface area contributed by atoms with Gasteiger partial charge in [-0.25, -0.2) is 0 Å². The summed E-state index contributed by atoms with van der Waals surface area (Å²) in [5, 5.41) is 12.0. The first-order chi connectivity index (χ1) is 9.38. The molecule has 1 fully saturated rings. The van der Waals surface area contributed by atoms with Crippen LogP contribution >= 0.6 is 0 Å². The Morgan fingerprint density at radius 3 is 2.55 bits per heavy atom. The van der Waals surface area contributed by atoms with Gasteiger partial charge < -0.3 is 10.4 Å². The molecule has 1 saturated carbocycles. The lowest BCUT2D eigenvalue weighted by atomic mass is 9.81. The molecule has 1 amide bonds. The van der Waals surface area contributed by atoms with Crippen LogP contribution in [0.1, 0.15) is 59.3 Å². The first kappa shape index (κ1) is 17.0. The molecule has 0 aromatic carbocycles. The number of hydrogen-bond donors (Lipinski definition) is 2. The van der Waals surface area contributed by atoms with Crippen molar-refractivity contribution in [3.63, 3.8) is 0 Å². The van der Waals surface area contributed by atoms with Gasteiger partial charge in [0.25, 0.3) is 0 Å². The number of hydrogen-bond acceptors (Lipinski definition) is 2. The molecule has 0 heterocycles. The topological polar surface area (TPSA) is 66.4 Å². The average Bonchev–Trinajstić information content (AvgIpc) is 2.33. The summed E-state index contributed by atoms with van der Waals surface area (Å²) in [6, 6.07) is 0. The third kappa shape index (κ3) is 6.40. The summed E-state index contributed by atoms with van der Waals surface area (Å²) in [5.74, 6) is 0.252. The highest BCUT2D eigenvalue weighted by molar-refractivity contribution is 5.77. The van der Waals surface area contributed by atoms with Crippen LogP contribution in [0, 0.1) is 23.7 Å². The largest absolute Gasteiger partial charge is 0.481 e. The number of carbonyl (C=O) groups is 2. The first-order valence-corrected chi connectivity index (χ1v) is 7.88. The van der Waals surface area contributed by atoms with Crippen LogP contribution in [0.15, 0.2) is 0 Å². The molecule has 3 unspecified atom stereocenters. The minimum absolute atomic E-state index is 0.0131. The molecule has 4 heteroatoms. The zero-order valence-electron chi connectivity index (χ0n) is 13.0. The Labute approximate surface area is 122 Å². The predicted octanol–water partition coefficient (Wildman–Crippen LogP) is 3.07. The van der Waals surface area contributed by atoms with E-state index >= 15 is 0 Å². The van der Waals surface area contributed by atoms with Crippen molar-refractivity contribution in [2.24, 2.45) is 23.7 Å². The summed E-state index contributed by atoms with van der Waals surface area (Å²) >= 11 is 0. The van der Waals surface area contributed by atoms with E-state index in [0.29, 0.717) is 30.6 Å². The molecule has 0 radical (unpaired) electrons. The van der Waals surface area contributed by atoms with Crippen LogP contribution in [-0.4, -0.2) is 23.5 Å². The molecule has 1 rings (SSSR count). The van der Waals surface area contributed by atoms with Crippen molar-refractivity contribution in [2.75, 3.05) is 6.54 Å². The summed E-state index contributed by atoms with van der Waals surface area (Å²) in [4.78, 5) is 23.1. The zero-order chi connectivity index (χ0) is 15.1. The molecule has 20 heavy (non-hydrogen) atoms. The molecule has 0 aromatic rings. The number of carboxylic acid groups (broad SMARTS) is 1. The van der Waals surface area contributed by atoms with Crippen molar-refractivity contribution < 1.29 is 14.7 Å². The van der Waals surface area contributed by atoms with Gasteiger partial charge >= 0.3 is 5.97 Å². The van der Waals surface area contributed by atoms with E-state index in [0.717, 1.165) is 12.8 Å². The maximum absolute atomic E-state index is 11.9. The van der Waals surface area contributed by atoms with Gasteiger partial charge in [-0.15, -0.1) is 0 Å². The van der Waals surface area contributed by atoms with E-state index in [9.17, 15) is 9.59 Å². The molecule has 1 aliphatic carbocycles. The van der Waals surface area contributed by atoms with Gasteiger partial charge in [0.15, 0.2) is 0 Å². The van der Waals surface area contributed by atoms with E-state index in [1.54, 1.807) is 0 Å². The Morgan fingerprint density at radius 1 is 1.30 bits per heavy atom. The monoisotopic (exact) mass is 283 g/mol.